The molecule has 2 rings (SSSR count). The van der Waals surface area contributed by atoms with Crippen molar-refractivity contribution in [2.45, 2.75) is 45.7 Å². The molecule has 0 spiro atoms. The van der Waals surface area contributed by atoms with Gasteiger partial charge in [-0.05, 0) is 42.7 Å². The van der Waals surface area contributed by atoms with Crippen LogP contribution in [0.25, 0.3) is 0 Å². The van der Waals surface area contributed by atoms with E-state index in [4.69, 9.17) is 11.6 Å². The van der Waals surface area contributed by atoms with Crippen molar-refractivity contribution in [3.05, 3.63) is 70.5 Å². The molecule has 1 unspecified atom stereocenters. The Bertz CT molecular complexity index is 795. The number of carbonyl (C=O) groups excluding carboxylic acids is 2. The predicted molar refractivity (Wildman–Crippen MR) is 109 cm³/mol. The summed E-state index contributed by atoms with van der Waals surface area (Å²) in [7, 11) is 0. The third-order valence-electron chi connectivity index (χ3n) is 4.56. The molecule has 2 aromatic rings. The van der Waals surface area contributed by atoms with Crippen LogP contribution in [0.2, 0.25) is 5.02 Å². The Hall–Kier alpha value is -2.40. The summed E-state index contributed by atoms with van der Waals surface area (Å²) in [6.07, 6.45) is 1.74. The molecular formula is C22H26ClFN2O2. The lowest BCUT2D eigenvalue weighted by atomic mass is 10.1. The second-order valence-electron chi connectivity index (χ2n) is 6.74. The highest BCUT2D eigenvalue weighted by atomic mass is 35.5. The maximum Gasteiger partial charge on any atom is 0.242 e. The van der Waals surface area contributed by atoms with E-state index in [1.807, 2.05) is 19.1 Å². The Balaban J connectivity index is 2.18. The first kappa shape index (κ1) is 21.9. The number of unbranched alkanes of at least 4 members (excludes halogenated alkanes) is 1. The summed E-state index contributed by atoms with van der Waals surface area (Å²) in [5.41, 5.74) is 1.16. The van der Waals surface area contributed by atoms with Crippen molar-refractivity contribution in [1.29, 1.82) is 0 Å². The lowest BCUT2D eigenvalue weighted by Crippen LogP contribution is -2.48. The Morgan fingerprint density at radius 1 is 1.14 bits per heavy atom. The molecule has 1 N–H and O–H groups in total. The molecule has 0 radical (unpaired) electrons. The van der Waals surface area contributed by atoms with E-state index in [2.05, 4.69) is 5.32 Å². The number of benzene rings is 2. The second-order valence-corrected chi connectivity index (χ2v) is 7.17. The zero-order chi connectivity index (χ0) is 20.5. The van der Waals surface area contributed by atoms with Gasteiger partial charge in [-0.3, -0.25) is 9.59 Å². The van der Waals surface area contributed by atoms with E-state index in [1.54, 1.807) is 37.3 Å². The van der Waals surface area contributed by atoms with Crippen molar-refractivity contribution in [2.24, 2.45) is 0 Å². The Labute approximate surface area is 170 Å². The van der Waals surface area contributed by atoms with Crippen LogP contribution >= 0.6 is 11.6 Å². The fourth-order valence-corrected chi connectivity index (χ4v) is 2.94. The number of nitrogens with one attached hydrogen (secondary N) is 1. The largest absolute Gasteiger partial charge is 0.354 e. The quantitative estimate of drug-likeness (QED) is 0.631. The van der Waals surface area contributed by atoms with E-state index in [1.165, 1.54) is 11.0 Å². The first-order chi connectivity index (χ1) is 13.4. The summed E-state index contributed by atoms with van der Waals surface area (Å²) in [4.78, 5) is 27.0. The third kappa shape index (κ3) is 6.34. The maximum atomic E-state index is 14.0. The zero-order valence-corrected chi connectivity index (χ0v) is 17.0. The number of halogens is 2. The molecule has 0 fully saturated rings. The van der Waals surface area contributed by atoms with Gasteiger partial charge in [-0.1, -0.05) is 55.3 Å². The summed E-state index contributed by atoms with van der Waals surface area (Å²) in [5, 5.41) is 3.46. The summed E-state index contributed by atoms with van der Waals surface area (Å²) < 4.78 is 14.0. The van der Waals surface area contributed by atoms with Gasteiger partial charge in [0.2, 0.25) is 11.8 Å². The van der Waals surface area contributed by atoms with Gasteiger partial charge in [0, 0.05) is 18.1 Å². The average molecular weight is 405 g/mol. The minimum Gasteiger partial charge on any atom is -0.354 e. The summed E-state index contributed by atoms with van der Waals surface area (Å²) in [5.74, 6) is -0.954. The normalized spacial score (nSPS) is 11.7. The Morgan fingerprint density at radius 3 is 2.46 bits per heavy atom. The minimum absolute atomic E-state index is 0.104. The van der Waals surface area contributed by atoms with Crippen LogP contribution in [0, 0.1) is 5.82 Å². The van der Waals surface area contributed by atoms with Crippen LogP contribution in [0.4, 0.5) is 4.39 Å². The van der Waals surface area contributed by atoms with Gasteiger partial charge in [0.25, 0.3) is 0 Å². The predicted octanol–water partition coefficient (Wildman–Crippen LogP) is 4.36. The van der Waals surface area contributed by atoms with Crippen molar-refractivity contribution in [2.75, 3.05) is 6.54 Å². The molecule has 28 heavy (non-hydrogen) atoms. The molecule has 2 aromatic carbocycles. The molecule has 0 heterocycles. The molecule has 0 saturated heterocycles. The molecule has 1 atom stereocenters. The SMILES string of the molecule is CCCCNC(=O)C(C)N(Cc1ccc(Cl)cc1)C(=O)Cc1ccccc1F. The number of carbonyl (C=O) groups is 2. The summed E-state index contributed by atoms with van der Waals surface area (Å²) in [6, 6.07) is 12.6. The summed E-state index contributed by atoms with van der Waals surface area (Å²) >= 11 is 5.93. The Morgan fingerprint density at radius 2 is 1.82 bits per heavy atom. The number of hydrogen-bond donors (Lipinski definition) is 1. The van der Waals surface area contributed by atoms with E-state index in [0.29, 0.717) is 17.1 Å². The molecule has 2 amide bonds. The van der Waals surface area contributed by atoms with Crippen molar-refractivity contribution in [3.8, 4) is 0 Å². The smallest absolute Gasteiger partial charge is 0.242 e. The van der Waals surface area contributed by atoms with Gasteiger partial charge in [0.15, 0.2) is 0 Å². The van der Waals surface area contributed by atoms with Crippen LogP contribution < -0.4 is 5.32 Å². The first-order valence-corrected chi connectivity index (χ1v) is 9.85. The minimum atomic E-state index is -0.674. The van der Waals surface area contributed by atoms with Gasteiger partial charge in [0.05, 0.1) is 6.42 Å². The number of rotatable bonds is 9. The van der Waals surface area contributed by atoms with Crippen LogP contribution in [0.5, 0.6) is 0 Å². The van der Waals surface area contributed by atoms with Crippen molar-refractivity contribution < 1.29 is 14.0 Å². The van der Waals surface area contributed by atoms with Crippen molar-refractivity contribution in [3.63, 3.8) is 0 Å². The first-order valence-electron chi connectivity index (χ1n) is 9.47. The van der Waals surface area contributed by atoms with E-state index in [0.717, 1.165) is 18.4 Å². The highest BCUT2D eigenvalue weighted by Gasteiger charge is 2.26. The van der Waals surface area contributed by atoms with Crippen LogP contribution in [-0.2, 0) is 22.6 Å². The van der Waals surface area contributed by atoms with Crippen LogP contribution in [0.1, 0.15) is 37.8 Å². The van der Waals surface area contributed by atoms with Crippen LogP contribution in [-0.4, -0.2) is 29.3 Å². The molecule has 0 bridgehead atoms. The van der Waals surface area contributed by atoms with E-state index < -0.39 is 11.9 Å². The van der Waals surface area contributed by atoms with E-state index >= 15 is 0 Å². The average Bonchev–Trinajstić information content (AvgIpc) is 2.68. The molecule has 4 nitrogen and oxygen atoms in total. The molecule has 0 saturated carbocycles. The highest BCUT2D eigenvalue weighted by molar-refractivity contribution is 6.30. The lowest BCUT2D eigenvalue weighted by molar-refractivity contribution is -0.140. The van der Waals surface area contributed by atoms with Crippen LogP contribution in [0.3, 0.4) is 0 Å². The monoisotopic (exact) mass is 404 g/mol. The number of hydrogen-bond acceptors (Lipinski definition) is 2. The van der Waals surface area contributed by atoms with Gasteiger partial charge in [-0.2, -0.15) is 0 Å². The molecule has 0 aliphatic rings. The van der Waals surface area contributed by atoms with Crippen molar-refractivity contribution >= 4 is 23.4 Å². The topological polar surface area (TPSA) is 49.4 Å². The van der Waals surface area contributed by atoms with Gasteiger partial charge < -0.3 is 10.2 Å². The van der Waals surface area contributed by atoms with Gasteiger partial charge in [0.1, 0.15) is 11.9 Å². The molecular weight excluding hydrogens is 379 g/mol. The molecule has 0 aliphatic carbocycles. The Kier molecular flexibility index (Phi) is 8.45. The fourth-order valence-electron chi connectivity index (χ4n) is 2.81. The summed E-state index contributed by atoms with van der Waals surface area (Å²) in [6.45, 7) is 4.54. The standard InChI is InChI=1S/C22H26ClFN2O2/c1-3-4-13-25-22(28)16(2)26(15-17-9-11-19(23)12-10-17)21(27)14-18-7-5-6-8-20(18)24/h5-12,16H,3-4,13-15H2,1-2H3,(H,25,28). The number of amides is 2. The zero-order valence-electron chi connectivity index (χ0n) is 16.3. The van der Waals surface area contributed by atoms with Crippen LogP contribution in [0.15, 0.2) is 48.5 Å². The van der Waals surface area contributed by atoms with Gasteiger partial charge in [-0.15, -0.1) is 0 Å². The van der Waals surface area contributed by atoms with E-state index in [-0.39, 0.29) is 24.8 Å². The number of nitrogens with zero attached hydrogens (tertiary/aromatic N) is 1. The highest BCUT2D eigenvalue weighted by Crippen LogP contribution is 2.16. The van der Waals surface area contributed by atoms with Crippen molar-refractivity contribution in [1.82, 2.24) is 10.2 Å². The van der Waals surface area contributed by atoms with Gasteiger partial charge >= 0.3 is 0 Å². The van der Waals surface area contributed by atoms with Gasteiger partial charge in [-0.25, -0.2) is 4.39 Å². The maximum absolute atomic E-state index is 14.0. The second kappa shape index (κ2) is 10.8. The molecule has 6 heteroatoms. The molecule has 0 aliphatic heterocycles. The van der Waals surface area contributed by atoms with E-state index in [9.17, 15) is 14.0 Å². The molecule has 0 aromatic heterocycles. The fraction of sp³-hybridized carbons (Fsp3) is 0.364. The lowest BCUT2D eigenvalue weighted by Gasteiger charge is -2.29. The third-order valence-corrected chi connectivity index (χ3v) is 4.81. The molecule has 150 valence electrons.